The van der Waals surface area contributed by atoms with Crippen molar-refractivity contribution in [1.82, 2.24) is 0 Å². The molecule has 0 saturated carbocycles. The van der Waals surface area contributed by atoms with Crippen LogP contribution in [0.5, 0.6) is 0 Å². The van der Waals surface area contributed by atoms with E-state index < -0.39 is 5.79 Å². The Bertz CT molecular complexity index is 1160. The van der Waals surface area contributed by atoms with E-state index in [2.05, 4.69) is 27.0 Å². The molecule has 9 aliphatic rings. The fourth-order valence-corrected chi connectivity index (χ4v) is 9.48. The van der Waals surface area contributed by atoms with E-state index in [9.17, 15) is 4.79 Å². The van der Waals surface area contributed by atoms with Gasteiger partial charge in [-0.15, -0.1) is 0 Å². The molecular formula is C36H52O9. The average molecular weight is 629 g/mol. The third-order valence-electron chi connectivity index (χ3n) is 12.2. The number of rotatable bonds is 10. The Morgan fingerprint density at radius 2 is 1.58 bits per heavy atom. The summed E-state index contributed by atoms with van der Waals surface area (Å²) < 4.78 is 51.9. The Morgan fingerprint density at radius 3 is 2.40 bits per heavy atom. The summed E-state index contributed by atoms with van der Waals surface area (Å²) in [7, 11) is 0. The second-order valence-electron chi connectivity index (χ2n) is 15.3. The molecular weight excluding hydrogens is 576 g/mol. The van der Waals surface area contributed by atoms with Crippen LogP contribution in [0.3, 0.4) is 0 Å². The minimum Gasteiger partial charge on any atom is -0.378 e. The summed E-state index contributed by atoms with van der Waals surface area (Å²) in [5.74, 6) is -0.152. The molecule has 9 rings (SSSR count). The van der Waals surface area contributed by atoms with E-state index in [4.69, 9.17) is 37.9 Å². The second-order valence-corrected chi connectivity index (χ2v) is 15.3. The van der Waals surface area contributed by atoms with Gasteiger partial charge in [-0.2, -0.15) is 0 Å². The standard InChI is InChI=1S/C36H52O9/c1-19-5-6-25(39-21(19)3)7-9-28-20(2)15-27(40-28)11-13-36-18-30-32(44-36)33-34(43-30)35(45-36)31-29(42-33)10-8-26(41-31)17-24(37)16-23-12-14-38-22(23)4/h21-23,25-35H,1-2,5-18H2,3-4H3/t21-,22+,23?,25-,26?,27?,28+,29?,30-,31+,32?,33+,34?,35?,36+/m1/s1. The highest BCUT2D eigenvalue weighted by Gasteiger charge is 2.68. The molecule has 9 fully saturated rings. The molecule has 0 amide bonds. The maximum absolute atomic E-state index is 13.0. The topological polar surface area (TPSA) is 90.9 Å². The number of Topliss-reactive ketones (excluding diaryl/α,β-unsaturated/α-hetero) is 1. The third kappa shape index (κ3) is 6.03. The summed E-state index contributed by atoms with van der Waals surface area (Å²) in [5.41, 5.74) is 2.38. The molecule has 0 radical (unpaired) electrons. The van der Waals surface area contributed by atoms with Crippen molar-refractivity contribution < 1.29 is 42.7 Å². The third-order valence-corrected chi connectivity index (χ3v) is 12.2. The average Bonchev–Trinajstić information content (AvgIpc) is 3.72. The molecule has 0 N–H and O–H groups in total. The van der Waals surface area contributed by atoms with Crippen LogP contribution in [0.25, 0.3) is 0 Å². The van der Waals surface area contributed by atoms with Crippen molar-refractivity contribution in [2.75, 3.05) is 6.61 Å². The van der Waals surface area contributed by atoms with Gasteiger partial charge in [0, 0.05) is 32.3 Å². The van der Waals surface area contributed by atoms with E-state index in [1.165, 1.54) is 11.1 Å². The number of hydrogen-bond donors (Lipinski definition) is 0. The molecule has 0 spiro atoms. The monoisotopic (exact) mass is 628 g/mol. The zero-order chi connectivity index (χ0) is 30.9. The van der Waals surface area contributed by atoms with Crippen molar-refractivity contribution in [2.24, 2.45) is 5.92 Å². The normalized spacial score (nSPS) is 50.3. The SMILES string of the molecule is C=C1CC(CC[C@@]23C[C@H]4OC5C(O2)[C@H]2OC(CC(=O)CC6CCO[C@H]6C)CCC2O[C@H]5C4O3)O[C@H]1CC[C@H]1CCC(=C)[C@@H](C)O1. The Balaban J connectivity index is 0.872. The quantitative estimate of drug-likeness (QED) is 0.306. The lowest BCUT2D eigenvalue weighted by molar-refractivity contribution is -0.292. The van der Waals surface area contributed by atoms with Gasteiger partial charge in [0.05, 0.1) is 48.8 Å². The number of ketones is 1. The molecule has 0 aliphatic carbocycles. The molecule has 0 aromatic heterocycles. The van der Waals surface area contributed by atoms with Gasteiger partial charge in [-0.1, -0.05) is 13.2 Å². The van der Waals surface area contributed by atoms with Gasteiger partial charge in [0.2, 0.25) is 0 Å². The van der Waals surface area contributed by atoms with E-state index in [1.54, 1.807) is 0 Å². The van der Waals surface area contributed by atoms with Gasteiger partial charge < -0.3 is 37.9 Å². The number of carbonyl (C=O) groups is 1. The maximum atomic E-state index is 13.0. The predicted octanol–water partition coefficient (Wildman–Crippen LogP) is 5.12. The first-order valence-corrected chi connectivity index (χ1v) is 17.8. The lowest BCUT2D eigenvalue weighted by Crippen LogP contribution is -2.61. The van der Waals surface area contributed by atoms with Crippen molar-refractivity contribution >= 4 is 5.78 Å². The van der Waals surface area contributed by atoms with Gasteiger partial charge in [0.1, 0.15) is 36.3 Å². The van der Waals surface area contributed by atoms with Crippen molar-refractivity contribution in [3.05, 3.63) is 24.3 Å². The van der Waals surface area contributed by atoms with Gasteiger partial charge >= 0.3 is 0 Å². The molecule has 9 heterocycles. The lowest BCUT2D eigenvalue weighted by Gasteiger charge is -2.47. The van der Waals surface area contributed by atoms with Gasteiger partial charge in [0.25, 0.3) is 0 Å². The molecule has 0 aromatic rings. The molecule has 9 saturated heterocycles. The van der Waals surface area contributed by atoms with Crippen LogP contribution < -0.4 is 0 Å². The summed E-state index contributed by atoms with van der Waals surface area (Å²) in [4.78, 5) is 13.0. The zero-order valence-electron chi connectivity index (χ0n) is 27.1. The van der Waals surface area contributed by atoms with Gasteiger partial charge in [-0.25, -0.2) is 0 Å². The summed E-state index contributed by atoms with van der Waals surface area (Å²) in [6.07, 6.45) is 10.3. The highest BCUT2D eigenvalue weighted by atomic mass is 16.8. The van der Waals surface area contributed by atoms with Gasteiger partial charge in [-0.05, 0) is 88.7 Å². The van der Waals surface area contributed by atoms with E-state index in [1.807, 2.05) is 0 Å². The molecule has 7 unspecified atom stereocenters. The van der Waals surface area contributed by atoms with Crippen molar-refractivity contribution in [2.45, 2.75) is 182 Å². The number of carbonyl (C=O) groups excluding carboxylic acids is 1. The minimum absolute atomic E-state index is 0.0284. The molecule has 9 aliphatic heterocycles. The van der Waals surface area contributed by atoms with Crippen molar-refractivity contribution in [3.63, 3.8) is 0 Å². The molecule has 0 aromatic carbocycles. The number of hydrogen-bond acceptors (Lipinski definition) is 9. The second kappa shape index (κ2) is 12.4. The highest BCUT2D eigenvalue weighted by Crippen LogP contribution is 2.54. The lowest BCUT2D eigenvalue weighted by atomic mass is 9.86. The Morgan fingerprint density at radius 1 is 0.756 bits per heavy atom. The fraction of sp³-hybridized carbons (Fsp3) is 0.861. The van der Waals surface area contributed by atoms with Crippen LogP contribution in [-0.4, -0.2) is 97.5 Å². The van der Waals surface area contributed by atoms with Crippen LogP contribution in [0.15, 0.2) is 24.3 Å². The summed E-state index contributed by atoms with van der Waals surface area (Å²) in [6.45, 7) is 13.4. The zero-order valence-corrected chi connectivity index (χ0v) is 27.1. The Labute approximate surface area is 267 Å². The van der Waals surface area contributed by atoms with Crippen LogP contribution in [0.2, 0.25) is 0 Å². The summed E-state index contributed by atoms with van der Waals surface area (Å²) in [5, 5.41) is 0. The summed E-state index contributed by atoms with van der Waals surface area (Å²) >= 11 is 0. The smallest absolute Gasteiger partial charge is 0.172 e. The van der Waals surface area contributed by atoms with Crippen LogP contribution in [0, 0.1) is 5.92 Å². The molecule has 250 valence electrons. The van der Waals surface area contributed by atoms with E-state index in [-0.39, 0.29) is 85.1 Å². The highest BCUT2D eigenvalue weighted by molar-refractivity contribution is 5.79. The molecule has 6 bridgehead atoms. The van der Waals surface area contributed by atoms with E-state index in [0.717, 1.165) is 70.8 Å². The summed E-state index contributed by atoms with van der Waals surface area (Å²) in [6, 6.07) is 0. The van der Waals surface area contributed by atoms with Gasteiger partial charge in [-0.3, -0.25) is 4.79 Å². The van der Waals surface area contributed by atoms with E-state index in [0.29, 0.717) is 25.2 Å². The molecule has 15 atom stereocenters. The number of fused-ring (bicyclic) bond motifs is 1. The first-order chi connectivity index (χ1) is 21.7. The van der Waals surface area contributed by atoms with Crippen LogP contribution in [0.1, 0.15) is 97.3 Å². The minimum atomic E-state index is -0.732. The number of ether oxygens (including phenoxy) is 8. The van der Waals surface area contributed by atoms with Crippen LogP contribution in [-0.2, 0) is 42.7 Å². The molecule has 9 heteroatoms. The fourth-order valence-electron chi connectivity index (χ4n) is 9.48. The van der Waals surface area contributed by atoms with Crippen LogP contribution in [0.4, 0.5) is 0 Å². The first-order valence-electron chi connectivity index (χ1n) is 17.8. The van der Waals surface area contributed by atoms with Gasteiger partial charge in [0.15, 0.2) is 5.79 Å². The van der Waals surface area contributed by atoms with E-state index >= 15 is 0 Å². The van der Waals surface area contributed by atoms with Crippen molar-refractivity contribution in [3.8, 4) is 0 Å². The Hall–Kier alpha value is -1.17. The predicted molar refractivity (Wildman–Crippen MR) is 164 cm³/mol. The maximum Gasteiger partial charge on any atom is 0.172 e. The molecule has 9 nitrogen and oxygen atoms in total. The first kappa shape index (κ1) is 31.1. The Kier molecular flexibility index (Phi) is 8.56. The van der Waals surface area contributed by atoms with Crippen molar-refractivity contribution in [1.29, 1.82) is 0 Å². The largest absolute Gasteiger partial charge is 0.378 e. The van der Waals surface area contributed by atoms with Crippen LogP contribution >= 0.6 is 0 Å². The molecule has 45 heavy (non-hydrogen) atoms.